The van der Waals surface area contributed by atoms with Crippen molar-refractivity contribution in [3.8, 4) is 0 Å². The predicted molar refractivity (Wildman–Crippen MR) is 77.3 cm³/mol. The van der Waals surface area contributed by atoms with Crippen LogP contribution in [0.1, 0.15) is 0 Å². The molecule has 0 aliphatic heterocycles. The van der Waals surface area contributed by atoms with Crippen LogP contribution in [0, 0.1) is 10.1 Å². The Hall–Kier alpha value is -1.98. The van der Waals surface area contributed by atoms with Crippen LogP contribution in [-0.4, -0.2) is 4.92 Å². The molecule has 2 aromatic rings. The molecule has 2 rings (SSSR count). The van der Waals surface area contributed by atoms with Crippen LogP contribution in [0.25, 0.3) is 0 Å². The lowest BCUT2D eigenvalue weighted by molar-refractivity contribution is -0.384. The molecule has 0 saturated carbocycles. The second kappa shape index (κ2) is 5.34. The number of hydrogen-bond donors (Lipinski definition) is 2. The van der Waals surface area contributed by atoms with E-state index in [1.165, 1.54) is 12.1 Å². The molecule has 3 N–H and O–H groups in total. The van der Waals surface area contributed by atoms with Gasteiger partial charge in [0.15, 0.2) is 0 Å². The maximum atomic E-state index is 10.7. The van der Waals surface area contributed by atoms with E-state index >= 15 is 0 Å². The summed E-state index contributed by atoms with van der Waals surface area (Å²) >= 11 is 12.0. The average molecular weight is 298 g/mol. The predicted octanol–water partition coefficient (Wildman–Crippen LogP) is 4.23. The number of nitrogen functional groups attached to an aromatic ring is 1. The summed E-state index contributed by atoms with van der Waals surface area (Å²) < 4.78 is 0. The molecule has 2 aromatic carbocycles. The first-order chi connectivity index (χ1) is 8.97. The van der Waals surface area contributed by atoms with Gasteiger partial charge in [-0.05, 0) is 18.2 Å². The normalized spacial score (nSPS) is 10.2. The Balaban J connectivity index is 2.38. The smallest absolute Gasteiger partial charge is 0.272 e. The molecule has 0 heterocycles. The second-order valence-corrected chi connectivity index (χ2v) is 4.61. The van der Waals surface area contributed by atoms with Crippen molar-refractivity contribution in [1.82, 2.24) is 0 Å². The van der Waals surface area contributed by atoms with Crippen molar-refractivity contribution < 1.29 is 4.92 Å². The van der Waals surface area contributed by atoms with Gasteiger partial charge in [-0.25, -0.2) is 0 Å². The minimum atomic E-state index is -0.554. The molecule has 0 bridgehead atoms. The first-order valence-corrected chi connectivity index (χ1v) is 5.99. The highest BCUT2D eigenvalue weighted by atomic mass is 35.5. The summed E-state index contributed by atoms with van der Waals surface area (Å²) in [6.45, 7) is 0. The van der Waals surface area contributed by atoms with Gasteiger partial charge < -0.3 is 11.1 Å². The molecule has 0 unspecified atom stereocenters. The number of rotatable bonds is 3. The summed E-state index contributed by atoms with van der Waals surface area (Å²) in [5, 5.41) is 14.0. The zero-order valence-electron chi connectivity index (χ0n) is 9.56. The van der Waals surface area contributed by atoms with Crippen LogP contribution < -0.4 is 11.1 Å². The molecule has 0 saturated heterocycles. The number of nitrogens with one attached hydrogen (secondary N) is 1. The molecule has 0 fully saturated rings. The third-order valence-electron chi connectivity index (χ3n) is 2.39. The maximum absolute atomic E-state index is 10.7. The Bertz CT molecular complexity index is 624. The van der Waals surface area contributed by atoms with Gasteiger partial charge in [0.2, 0.25) is 0 Å². The first kappa shape index (κ1) is 13.5. The number of nitro benzene ring substituents is 1. The van der Waals surface area contributed by atoms with Crippen LogP contribution in [0.4, 0.5) is 22.7 Å². The highest BCUT2D eigenvalue weighted by Crippen LogP contribution is 2.36. The molecule has 5 nitrogen and oxygen atoms in total. The van der Waals surface area contributed by atoms with Crippen molar-refractivity contribution >= 4 is 46.0 Å². The fourth-order valence-corrected chi connectivity index (χ4v) is 2.12. The van der Waals surface area contributed by atoms with E-state index < -0.39 is 4.92 Å². The van der Waals surface area contributed by atoms with Crippen molar-refractivity contribution in [2.75, 3.05) is 11.1 Å². The summed E-state index contributed by atoms with van der Waals surface area (Å²) in [5.41, 5.74) is 7.17. The summed E-state index contributed by atoms with van der Waals surface area (Å²) in [4.78, 5) is 10.1. The highest BCUT2D eigenvalue weighted by molar-refractivity contribution is 6.39. The van der Waals surface area contributed by atoms with E-state index in [-0.39, 0.29) is 15.7 Å². The molecule has 0 radical (unpaired) electrons. The van der Waals surface area contributed by atoms with E-state index in [0.29, 0.717) is 17.1 Å². The Morgan fingerprint density at radius 3 is 2.32 bits per heavy atom. The van der Waals surface area contributed by atoms with Gasteiger partial charge >= 0.3 is 0 Å². The summed E-state index contributed by atoms with van der Waals surface area (Å²) in [6, 6.07) is 9.47. The van der Waals surface area contributed by atoms with Gasteiger partial charge in [-0.3, -0.25) is 10.1 Å². The molecule has 0 aliphatic carbocycles. The van der Waals surface area contributed by atoms with Crippen molar-refractivity contribution in [2.45, 2.75) is 0 Å². The minimum absolute atomic E-state index is 0.159. The van der Waals surface area contributed by atoms with E-state index in [2.05, 4.69) is 5.32 Å². The van der Waals surface area contributed by atoms with Crippen LogP contribution in [0.15, 0.2) is 36.4 Å². The molecule has 0 atom stereocenters. The van der Waals surface area contributed by atoms with Gasteiger partial charge in [0.1, 0.15) is 0 Å². The number of benzene rings is 2. The van der Waals surface area contributed by atoms with E-state index in [1.54, 1.807) is 24.3 Å². The van der Waals surface area contributed by atoms with Crippen LogP contribution in [-0.2, 0) is 0 Å². The Morgan fingerprint density at radius 1 is 1.16 bits per heavy atom. The largest absolute Gasteiger partial charge is 0.399 e. The molecular formula is C12H9Cl2N3O2. The maximum Gasteiger partial charge on any atom is 0.272 e. The van der Waals surface area contributed by atoms with Crippen LogP contribution in [0.5, 0.6) is 0 Å². The topological polar surface area (TPSA) is 81.2 Å². The average Bonchev–Trinajstić information content (AvgIpc) is 2.33. The lowest BCUT2D eigenvalue weighted by Gasteiger charge is -2.10. The molecule has 0 aliphatic rings. The highest BCUT2D eigenvalue weighted by Gasteiger charge is 2.14. The zero-order chi connectivity index (χ0) is 14.0. The molecular weight excluding hydrogens is 289 g/mol. The number of nitrogens with zero attached hydrogens (tertiary/aromatic N) is 1. The van der Waals surface area contributed by atoms with E-state index in [1.807, 2.05) is 0 Å². The molecule has 0 spiro atoms. The third kappa shape index (κ3) is 3.07. The van der Waals surface area contributed by atoms with E-state index in [9.17, 15) is 10.1 Å². The van der Waals surface area contributed by atoms with Gasteiger partial charge in [0.05, 0.1) is 20.7 Å². The lowest BCUT2D eigenvalue weighted by atomic mass is 10.2. The number of nitro groups is 1. The number of halogens is 2. The lowest BCUT2D eigenvalue weighted by Crippen LogP contribution is -1.96. The van der Waals surface area contributed by atoms with Crippen molar-refractivity contribution in [3.05, 3.63) is 56.6 Å². The molecule has 19 heavy (non-hydrogen) atoms. The fourth-order valence-electron chi connectivity index (χ4n) is 1.55. The Kier molecular flexibility index (Phi) is 3.78. The monoisotopic (exact) mass is 297 g/mol. The van der Waals surface area contributed by atoms with Crippen LogP contribution in [0.2, 0.25) is 10.0 Å². The fraction of sp³-hybridized carbons (Fsp3) is 0. The van der Waals surface area contributed by atoms with Gasteiger partial charge in [0.25, 0.3) is 5.69 Å². The zero-order valence-corrected chi connectivity index (χ0v) is 11.1. The van der Waals surface area contributed by atoms with E-state index in [4.69, 9.17) is 28.9 Å². The Labute approximate surface area is 119 Å². The number of nitrogens with two attached hydrogens (primary N) is 1. The van der Waals surface area contributed by atoms with Crippen molar-refractivity contribution in [3.63, 3.8) is 0 Å². The van der Waals surface area contributed by atoms with Gasteiger partial charge in [-0.2, -0.15) is 0 Å². The molecule has 98 valence electrons. The summed E-state index contributed by atoms with van der Waals surface area (Å²) in [6.07, 6.45) is 0. The van der Waals surface area contributed by atoms with Gasteiger partial charge in [-0.15, -0.1) is 0 Å². The van der Waals surface area contributed by atoms with Crippen LogP contribution in [0.3, 0.4) is 0 Å². The summed E-state index contributed by atoms with van der Waals surface area (Å²) in [5.74, 6) is 0. The summed E-state index contributed by atoms with van der Waals surface area (Å²) in [7, 11) is 0. The molecule has 0 amide bonds. The van der Waals surface area contributed by atoms with Gasteiger partial charge in [0, 0.05) is 23.5 Å². The minimum Gasteiger partial charge on any atom is -0.399 e. The second-order valence-electron chi connectivity index (χ2n) is 3.79. The van der Waals surface area contributed by atoms with Gasteiger partial charge in [-0.1, -0.05) is 29.3 Å². The van der Waals surface area contributed by atoms with Crippen molar-refractivity contribution in [1.29, 1.82) is 0 Å². The SMILES string of the molecule is Nc1cccc(Nc2c(Cl)cc([N+](=O)[O-])cc2Cl)c1. The number of hydrogen-bond acceptors (Lipinski definition) is 4. The number of non-ortho nitro benzene ring substituents is 1. The standard InChI is InChI=1S/C12H9Cl2N3O2/c13-10-5-9(17(18)19)6-11(14)12(10)16-8-3-1-2-7(15)4-8/h1-6,16H,15H2. The quantitative estimate of drug-likeness (QED) is 0.505. The third-order valence-corrected chi connectivity index (χ3v) is 2.99. The first-order valence-electron chi connectivity index (χ1n) is 5.23. The Morgan fingerprint density at radius 2 is 1.79 bits per heavy atom. The van der Waals surface area contributed by atoms with E-state index in [0.717, 1.165) is 0 Å². The van der Waals surface area contributed by atoms with Crippen LogP contribution >= 0.6 is 23.2 Å². The van der Waals surface area contributed by atoms with Crippen molar-refractivity contribution in [2.24, 2.45) is 0 Å². The molecule has 0 aromatic heterocycles. The number of anilines is 3. The molecule has 7 heteroatoms.